The smallest absolute Gasteiger partial charge is 0.219 e. The van der Waals surface area contributed by atoms with E-state index in [2.05, 4.69) is 61.2 Å². The van der Waals surface area contributed by atoms with Crippen LogP contribution in [0, 0.1) is 6.92 Å². The minimum Gasteiger partial charge on any atom is -0.380 e. The lowest BCUT2D eigenvalue weighted by molar-refractivity contribution is 0.547. The van der Waals surface area contributed by atoms with E-state index in [0.29, 0.717) is 5.95 Å². The van der Waals surface area contributed by atoms with Gasteiger partial charge in [0.25, 0.3) is 0 Å². The third-order valence-electron chi connectivity index (χ3n) is 3.59. The Balaban J connectivity index is 2.28. The summed E-state index contributed by atoms with van der Waals surface area (Å²) in [6.07, 6.45) is 4.57. The Morgan fingerprint density at radius 1 is 1.15 bits per heavy atom. The molecular formula is C16H22N4. The number of hydrogen-bond acceptors (Lipinski definition) is 4. The largest absolute Gasteiger partial charge is 0.380 e. The second-order valence-electron chi connectivity index (χ2n) is 5.72. The van der Waals surface area contributed by atoms with Crippen molar-refractivity contribution in [3.8, 4) is 11.1 Å². The summed E-state index contributed by atoms with van der Waals surface area (Å²) in [5, 5.41) is 3.57. The Hall–Kier alpha value is -2.10. The summed E-state index contributed by atoms with van der Waals surface area (Å²) in [5.74, 6) is 0.299. The van der Waals surface area contributed by atoms with Crippen molar-refractivity contribution in [3.05, 3.63) is 36.2 Å². The molecule has 0 aliphatic carbocycles. The maximum absolute atomic E-state index is 5.51. The van der Waals surface area contributed by atoms with Gasteiger partial charge in [0.1, 0.15) is 0 Å². The van der Waals surface area contributed by atoms with Crippen LogP contribution >= 0.6 is 0 Å². The lowest BCUT2D eigenvalue weighted by Gasteiger charge is -2.27. The summed E-state index contributed by atoms with van der Waals surface area (Å²) < 4.78 is 0. The van der Waals surface area contributed by atoms with E-state index in [9.17, 15) is 0 Å². The molecule has 0 bridgehead atoms. The molecule has 2 aromatic rings. The molecule has 0 aliphatic heterocycles. The molecular weight excluding hydrogens is 248 g/mol. The van der Waals surface area contributed by atoms with Crippen LogP contribution in [-0.4, -0.2) is 15.5 Å². The third-order valence-corrected chi connectivity index (χ3v) is 3.59. The predicted octanol–water partition coefficient (Wildman–Crippen LogP) is 3.63. The molecule has 4 heteroatoms. The molecule has 0 saturated carbocycles. The van der Waals surface area contributed by atoms with E-state index in [1.807, 2.05) is 0 Å². The van der Waals surface area contributed by atoms with Crippen LogP contribution in [0.2, 0.25) is 0 Å². The number of nitrogens with one attached hydrogen (secondary N) is 1. The Labute approximate surface area is 120 Å². The van der Waals surface area contributed by atoms with Crippen LogP contribution in [-0.2, 0) is 0 Å². The first-order valence-corrected chi connectivity index (χ1v) is 6.88. The number of benzene rings is 1. The number of aromatic nitrogens is 2. The van der Waals surface area contributed by atoms with Gasteiger partial charge in [-0.1, -0.05) is 13.0 Å². The van der Waals surface area contributed by atoms with Crippen molar-refractivity contribution >= 4 is 11.6 Å². The van der Waals surface area contributed by atoms with Gasteiger partial charge in [0.05, 0.1) is 0 Å². The summed E-state index contributed by atoms with van der Waals surface area (Å²) in [5.41, 5.74) is 10.1. The Kier molecular flexibility index (Phi) is 3.93. The first-order valence-electron chi connectivity index (χ1n) is 6.88. The van der Waals surface area contributed by atoms with Gasteiger partial charge in [-0.2, -0.15) is 0 Å². The van der Waals surface area contributed by atoms with E-state index in [4.69, 9.17) is 5.73 Å². The fraction of sp³-hybridized carbons (Fsp3) is 0.375. The van der Waals surface area contributed by atoms with Crippen LogP contribution in [0.4, 0.5) is 11.6 Å². The number of anilines is 2. The molecule has 1 aromatic carbocycles. The van der Waals surface area contributed by atoms with E-state index in [-0.39, 0.29) is 5.54 Å². The highest BCUT2D eigenvalue weighted by atomic mass is 15.0. The summed E-state index contributed by atoms with van der Waals surface area (Å²) >= 11 is 0. The minimum absolute atomic E-state index is 0.0938. The quantitative estimate of drug-likeness (QED) is 0.890. The van der Waals surface area contributed by atoms with Crippen LogP contribution in [0.15, 0.2) is 30.6 Å². The van der Waals surface area contributed by atoms with Gasteiger partial charge in [-0.05, 0) is 50.5 Å². The molecule has 4 nitrogen and oxygen atoms in total. The van der Waals surface area contributed by atoms with Crippen LogP contribution in [0.1, 0.15) is 32.8 Å². The molecule has 20 heavy (non-hydrogen) atoms. The second kappa shape index (κ2) is 5.49. The number of nitrogen functional groups attached to an aromatic ring is 1. The number of rotatable bonds is 4. The zero-order valence-corrected chi connectivity index (χ0v) is 12.6. The van der Waals surface area contributed by atoms with E-state index in [0.717, 1.165) is 23.2 Å². The molecule has 0 radical (unpaired) electrons. The minimum atomic E-state index is 0.0938. The number of nitrogens with zero attached hydrogens (tertiary/aromatic N) is 2. The molecule has 106 valence electrons. The average molecular weight is 270 g/mol. The lowest BCUT2D eigenvalue weighted by atomic mass is 9.99. The van der Waals surface area contributed by atoms with E-state index < -0.39 is 0 Å². The Morgan fingerprint density at radius 3 is 2.35 bits per heavy atom. The van der Waals surface area contributed by atoms with E-state index >= 15 is 0 Å². The summed E-state index contributed by atoms with van der Waals surface area (Å²) in [4.78, 5) is 8.06. The van der Waals surface area contributed by atoms with E-state index in [1.54, 1.807) is 12.4 Å². The van der Waals surface area contributed by atoms with E-state index in [1.165, 1.54) is 5.56 Å². The Bertz CT molecular complexity index is 588. The maximum atomic E-state index is 5.51. The highest BCUT2D eigenvalue weighted by molar-refractivity contribution is 5.67. The van der Waals surface area contributed by atoms with Crippen molar-refractivity contribution in [2.75, 3.05) is 11.1 Å². The van der Waals surface area contributed by atoms with Crippen LogP contribution in [0.25, 0.3) is 11.1 Å². The standard InChI is InChI=1S/C16H22N4/c1-5-16(3,4)20-14-7-6-12(8-11(14)2)13-9-18-15(17)19-10-13/h6-10,20H,5H2,1-4H3,(H2,17,18,19). The fourth-order valence-corrected chi connectivity index (χ4v) is 1.92. The van der Waals surface area contributed by atoms with Gasteiger partial charge in [0, 0.05) is 29.2 Å². The lowest BCUT2D eigenvalue weighted by Crippen LogP contribution is -2.29. The monoisotopic (exact) mass is 270 g/mol. The Morgan fingerprint density at radius 2 is 1.80 bits per heavy atom. The molecule has 0 saturated heterocycles. The number of hydrogen-bond donors (Lipinski definition) is 2. The summed E-state index contributed by atoms with van der Waals surface area (Å²) in [7, 11) is 0. The molecule has 1 heterocycles. The van der Waals surface area contributed by atoms with Gasteiger partial charge in [-0.15, -0.1) is 0 Å². The van der Waals surface area contributed by atoms with Crippen molar-refractivity contribution in [1.82, 2.24) is 9.97 Å². The summed E-state index contributed by atoms with van der Waals surface area (Å²) in [6.45, 7) is 8.69. The SMILES string of the molecule is CCC(C)(C)Nc1ccc(-c2cnc(N)nc2)cc1C. The first kappa shape index (κ1) is 14.3. The average Bonchev–Trinajstić information content (AvgIpc) is 2.42. The van der Waals surface area contributed by atoms with Crippen LogP contribution < -0.4 is 11.1 Å². The van der Waals surface area contributed by atoms with Crippen molar-refractivity contribution in [2.45, 2.75) is 39.7 Å². The molecule has 3 N–H and O–H groups in total. The highest BCUT2D eigenvalue weighted by Gasteiger charge is 2.15. The van der Waals surface area contributed by atoms with Crippen LogP contribution in [0.5, 0.6) is 0 Å². The third kappa shape index (κ3) is 3.26. The molecule has 1 aromatic heterocycles. The van der Waals surface area contributed by atoms with Gasteiger partial charge in [0.2, 0.25) is 5.95 Å². The van der Waals surface area contributed by atoms with Crippen molar-refractivity contribution in [2.24, 2.45) is 0 Å². The van der Waals surface area contributed by atoms with Gasteiger partial charge in [0.15, 0.2) is 0 Å². The highest BCUT2D eigenvalue weighted by Crippen LogP contribution is 2.26. The predicted molar refractivity (Wildman–Crippen MR) is 84.6 cm³/mol. The number of nitrogens with two attached hydrogens (primary N) is 1. The van der Waals surface area contributed by atoms with Gasteiger partial charge < -0.3 is 11.1 Å². The molecule has 0 aliphatic rings. The topological polar surface area (TPSA) is 63.8 Å². The molecule has 0 fully saturated rings. The fourth-order valence-electron chi connectivity index (χ4n) is 1.92. The zero-order chi connectivity index (χ0) is 14.8. The van der Waals surface area contributed by atoms with Gasteiger partial charge in [-0.25, -0.2) is 9.97 Å². The van der Waals surface area contributed by atoms with Crippen molar-refractivity contribution in [3.63, 3.8) is 0 Å². The molecule has 0 atom stereocenters. The summed E-state index contributed by atoms with van der Waals surface area (Å²) in [6, 6.07) is 6.33. The first-order chi connectivity index (χ1) is 9.41. The second-order valence-corrected chi connectivity index (χ2v) is 5.72. The van der Waals surface area contributed by atoms with Crippen molar-refractivity contribution < 1.29 is 0 Å². The zero-order valence-electron chi connectivity index (χ0n) is 12.6. The molecule has 0 unspecified atom stereocenters. The molecule has 2 rings (SSSR count). The van der Waals surface area contributed by atoms with Gasteiger partial charge >= 0.3 is 0 Å². The van der Waals surface area contributed by atoms with Crippen molar-refractivity contribution in [1.29, 1.82) is 0 Å². The number of aryl methyl sites for hydroxylation is 1. The molecule has 0 amide bonds. The normalized spacial score (nSPS) is 11.4. The molecule has 0 spiro atoms. The van der Waals surface area contributed by atoms with Gasteiger partial charge in [-0.3, -0.25) is 0 Å². The maximum Gasteiger partial charge on any atom is 0.219 e. The van der Waals surface area contributed by atoms with Crippen LogP contribution in [0.3, 0.4) is 0 Å².